The van der Waals surface area contributed by atoms with Crippen LogP contribution in [0.25, 0.3) is 0 Å². The van der Waals surface area contributed by atoms with Gasteiger partial charge in [-0.15, -0.1) is 0 Å². The van der Waals surface area contributed by atoms with Gasteiger partial charge in [-0.05, 0) is 89.0 Å². The summed E-state index contributed by atoms with van der Waals surface area (Å²) in [6.07, 6.45) is 5.65. The topological polar surface area (TPSA) is 148 Å². The number of phenols is 1. The van der Waals surface area contributed by atoms with Crippen molar-refractivity contribution in [1.29, 1.82) is 0 Å². The van der Waals surface area contributed by atoms with Crippen molar-refractivity contribution in [3.05, 3.63) is 65.7 Å². The highest BCUT2D eigenvalue weighted by Crippen LogP contribution is 2.39. The van der Waals surface area contributed by atoms with Gasteiger partial charge in [0.05, 0.1) is 22.9 Å². The number of piperidine rings is 1. The molecular formula is C37H56N4O6S. The Balaban J connectivity index is 1.61. The summed E-state index contributed by atoms with van der Waals surface area (Å²) in [5.74, 6) is 0.384. The Kier molecular flexibility index (Phi) is 12.4. The fourth-order valence-corrected chi connectivity index (χ4v) is 7.78. The smallest absolute Gasteiger partial charge is 0.239 e. The number of rotatable bonds is 13. The molecule has 0 aromatic heterocycles. The molecule has 2 aromatic carbocycles. The van der Waals surface area contributed by atoms with Crippen molar-refractivity contribution in [1.82, 2.24) is 20.9 Å². The Bertz CT molecular complexity index is 1490. The maximum atomic E-state index is 14.2. The van der Waals surface area contributed by atoms with Crippen LogP contribution in [-0.4, -0.2) is 89.2 Å². The highest BCUT2D eigenvalue weighted by Gasteiger charge is 2.45. The lowest BCUT2D eigenvalue weighted by Gasteiger charge is -2.47. The zero-order valence-electron chi connectivity index (χ0n) is 29.4. The number of nitrogens with one attached hydrogen (secondary N) is 3. The minimum atomic E-state index is -3.73. The second kappa shape index (κ2) is 15.7. The number of aliphatic hydroxyl groups is 1. The summed E-state index contributed by atoms with van der Waals surface area (Å²) in [7, 11) is -3.73. The second-order valence-electron chi connectivity index (χ2n) is 15.5. The predicted octanol–water partition coefficient (Wildman–Crippen LogP) is 3.56. The van der Waals surface area contributed by atoms with Gasteiger partial charge >= 0.3 is 0 Å². The monoisotopic (exact) mass is 684 g/mol. The van der Waals surface area contributed by atoms with Gasteiger partial charge in [0.1, 0.15) is 11.8 Å². The summed E-state index contributed by atoms with van der Waals surface area (Å²) in [5, 5.41) is 31.2. The molecule has 2 amide bonds. The molecule has 1 saturated carbocycles. The summed E-state index contributed by atoms with van der Waals surface area (Å²) >= 11 is 0. The third-order valence-corrected chi connectivity index (χ3v) is 12.3. The molecule has 0 radical (unpaired) electrons. The van der Waals surface area contributed by atoms with Crippen LogP contribution in [0.2, 0.25) is 0 Å². The zero-order valence-corrected chi connectivity index (χ0v) is 30.2. The van der Waals surface area contributed by atoms with Gasteiger partial charge in [0.2, 0.25) is 11.8 Å². The molecular weight excluding hydrogens is 628 g/mol. The van der Waals surface area contributed by atoms with Gasteiger partial charge in [0.25, 0.3) is 0 Å². The summed E-state index contributed by atoms with van der Waals surface area (Å²) in [4.78, 5) is 29.9. The van der Waals surface area contributed by atoms with E-state index < -0.39 is 50.3 Å². The van der Waals surface area contributed by atoms with Gasteiger partial charge in [-0.3, -0.25) is 14.5 Å². The number of nitrogens with zero attached hydrogens (tertiary/aromatic N) is 1. The van der Waals surface area contributed by atoms with E-state index in [-0.39, 0.29) is 24.7 Å². The Morgan fingerprint density at radius 2 is 1.60 bits per heavy atom. The molecule has 2 aliphatic rings. The molecule has 0 spiro atoms. The van der Waals surface area contributed by atoms with Crippen LogP contribution in [0.4, 0.5) is 0 Å². The summed E-state index contributed by atoms with van der Waals surface area (Å²) in [6.45, 7) is 9.93. The van der Waals surface area contributed by atoms with Crippen LogP contribution < -0.4 is 16.0 Å². The maximum absolute atomic E-state index is 14.2. The number of amides is 2. The lowest BCUT2D eigenvalue weighted by molar-refractivity contribution is -0.133. The van der Waals surface area contributed by atoms with Crippen molar-refractivity contribution in [2.45, 2.75) is 114 Å². The Labute approximate surface area is 287 Å². The van der Waals surface area contributed by atoms with E-state index in [1.165, 1.54) is 26.3 Å². The molecule has 2 fully saturated rings. The van der Waals surface area contributed by atoms with Gasteiger partial charge < -0.3 is 26.2 Å². The average molecular weight is 685 g/mol. The third-order valence-electron chi connectivity index (χ3n) is 10.1. The normalized spacial score (nSPS) is 22.6. The summed E-state index contributed by atoms with van der Waals surface area (Å²) < 4.78 is 24.5. The van der Waals surface area contributed by atoms with E-state index >= 15 is 0 Å². The van der Waals surface area contributed by atoms with E-state index in [4.69, 9.17) is 0 Å². The van der Waals surface area contributed by atoms with Gasteiger partial charge in [0.15, 0.2) is 9.84 Å². The quantitative estimate of drug-likeness (QED) is 0.215. The molecule has 1 aliphatic heterocycles. The maximum Gasteiger partial charge on any atom is 0.239 e. The van der Waals surface area contributed by atoms with Crippen molar-refractivity contribution in [2.24, 2.45) is 11.8 Å². The third kappa shape index (κ3) is 10.0. The van der Waals surface area contributed by atoms with Gasteiger partial charge in [-0.1, -0.05) is 61.7 Å². The van der Waals surface area contributed by atoms with Gasteiger partial charge in [0, 0.05) is 31.4 Å². The number of hydrogen-bond acceptors (Lipinski definition) is 8. The van der Waals surface area contributed by atoms with Crippen LogP contribution in [0.3, 0.4) is 0 Å². The molecule has 0 bridgehead atoms. The Morgan fingerprint density at radius 3 is 2.23 bits per heavy atom. The number of carbonyl (C=O) groups excluding carboxylic acids is 2. The second-order valence-corrected chi connectivity index (χ2v) is 18.1. The molecule has 1 heterocycles. The molecule has 11 heteroatoms. The van der Waals surface area contributed by atoms with Crippen molar-refractivity contribution >= 4 is 21.7 Å². The fourth-order valence-electron chi connectivity index (χ4n) is 7.17. The van der Waals surface area contributed by atoms with Crippen molar-refractivity contribution in [3.63, 3.8) is 0 Å². The molecule has 10 nitrogen and oxygen atoms in total. The van der Waals surface area contributed by atoms with Gasteiger partial charge in [-0.25, -0.2) is 8.42 Å². The minimum absolute atomic E-state index is 0.0477. The summed E-state index contributed by atoms with van der Waals surface area (Å²) in [5.41, 5.74) is 1.19. The highest BCUT2D eigenvalue weighted by atomic mass is 32.2. The summed E-state index contributed by atoms with van der Waals surface area (Å²) in [6, 6.07) is 13.8. The number of benzene rings is 2. The molecule has 1 saturated heterocycles. The van der Waals surface area contributed by atoms with Crippen molar-refractivity contribution in [3.8, 4) is 5.75 Å². The lowest BCUT2D eigenvalue weighted by Crippen LogP contribution is -2.63. The van der Waals surface area contributed by atoms with Crippen LogP contribution in [0, 0.1) is 11.8 Å². The molecule has 2 aromatic rings. The number of β-amino-alcohol motifs (C(OH)–C–C–N with tert-alkyl or cyclic N) is 1. The van der Waals surface area contributed by atoms with E-state index in [1.54, 1.807) is 18.2 Å². The molecule has 1 aliphatic carbocycles. The Morgan fingerprint density at radius 1 is 0.958 bits per heavy atom. The van der Waals surface area contributed by atoms with Crippen LogP contribution >= 0.6 is 0 Å². The number of sulfone groups is 1. The fraction of sp³-hybridized carbons (Fsp3) is 0.622. The average Bonchev–Trinajstić information content (AvgIpc) is 2.99. The molecule has 266 valence electrons. The SMILES string of the molecule is CC(C)(C)NC(=O)[C@@H]1C[C@@H]2CCCC[C@@H]2CN1C[C@@H](O)[C@H](Cc1ccccc1)NC(=O)[C@@H](NCc1cccc(O)c1)C(C)(C)S(C)(=O)=O. The van der Waals surface area contributed by atoms with E-state index in [2.05, 4.69) is 20.9 Å². The number of aromatic hydroxyl groups is 1. The predicted molar refractivity (Wildman–Crippen MR) is 189 cm³/mol. The first-order chi connectivity index (χ1) is 22.4. The number of likely N-dealkylation sites (tertiary alicyclic amines) is 1. The number of carbonyl (C=O) groups is 2. The molecule has 5 N–H and O–H groups in total. The molecule has 4 rings (SSSR count). The molecule has 6 atom stereocenters. The zero-order chi connectivity index (χ0) is 35.3. The minimum Gasteiger partial charge on any atom is -0.508 e. The van der Waals surface area contributed by atoms with Crippen LogP contribution in [0.15, 0.2) is 54.6 Å². The largest absolute Gasteiger partial charge is 0.508 e. The highest BCUT2D eigenvalue weighted by molar-refractivity contribution is 7.92. The van der Waals surface area contributed by atoms with E-state index in [0.29, 0.717) is 30.4 Å². The number of fused-ring (bicyclic) bond motifs is 1. The van der Waals surface area contributed by atoms with Crippen LogP contribution in [-0.2, 0) is 32.4 Å². The van der Waals surface area contributed by atoms with Crippen LogP contribution in [0.1, 0.15) is 77.8 Å². The first kappa shape index (κ1) is 37.8. The Hall–Kier alpha value is -2.99. The first-order valence-electron chi connectivity index (χ1n) is 17.2. The number of hydrogen-bond donors (Lipinski definition) is 5. The lowest BCUT2D eigenvalue weighted by atomic mass is 9.72. The van der Waals surface area contributed by atoms with E-state index in [9.17, 15) is 28.2 Å². The molecule has 0 unspecified atom stereocenters. The number of phenolic OH excluding ortho intramolecular Hbond substituents is 1. The van der Waals surface area contributed by atoms with Gasteiger partial charge in [-0.2, -0.15) is 0 Å². The first-order valence-corrected chi connectivity index (χ1v) is 19.1. The standard InChI is InChI=1S/C37H56N4O6S/c1-36(2,3)40-34(44)31-21-27-16-10-11-17-28(27)23-41(31)24-32(43)30(20-25-13-8-7-9-14-25)39-35(45)33(37(4,5)48(6,46)47)38-22-26-15-12-18-29(42)19-26/h7-9,12-15,18-19,27-28,30-33,38,42-43H,10-11,16-17,20-24H2,1-6H3,(H,39,45)(H,40,44)/t27-,28+,30-,31-,32+,33+/m0/s1. The number of aliphatic hydroxyl groups excluding tert-OH is 1. The van der Waals surface area contributed by atoms with E-state index in [1.807, 2.05) is 51.1 Å². The van der Waals surface area contributed by atoms with Crippen molar-refractivity contribution in [2.75, 3.05) is 19.3 Å². The van der Waals surface area contributed by atoms with Crippen LogP contribution in [0.5, 0.6) is 5.75 Å². The van der Waals surface area contributed by atoms with E-state index in [0.717, 1.165) is 37.5 Å². The van der Waals surface area contributed by atoms with Crippen molar-refractivity contribution < 1.29 is 28.2 Å². The molecule has 48 heavy (non-hydrogen) atoms.